The number of ether oxygens (including phenoxy) is 1. The summed E-state index contributed by atoms with van der Waals surface area (Å²) in [6.07, 6.45) is 0. The summed E-state index contributed by atoms with van der Waals surface area (Å²) in [6, 6.07) is 14.6. The summed E-state index contributed by atoms with van der Waals surface area (Å²) in [7, 11) is 0. The van der Waals surface area contributed by atoms with Crippen LogP contribution in [0.15, 0.2) is 48.5 Å². The summed E-state index contributed by atoms with van der Waals surface area (Å²) in [5.41, 5.74) is 1.97. The zero-order valence-corrected chi connectivity index (χ0v) is 12.2. The van der Waals surface area contributed by atoms with Crippen molar-refractivity contribution in [3.63, 3.8) is 0 Å². The van der Waals surface area contributed by atoms with Crippen LogP contribution in [0.4, 0.5) is 11.4 Å². The van der Waals surface area contributed by atoms with Gasteiger partial charge in [0.25, 0.3) is 11.8 Å². The number of carbonyl (C=O) groups is 2. The molecule has 0 aliphatic carbocycles. The van der Waals surface area contributed by atoms with Crippen LogP contribution in [0.25, 0.3) is 0 Å². The standard InChI is InChI=1S/C17H16N2O3/c1-2-19(13-6-4-3-5-7-13)17(21)12-8-9-14-15(10-12)22-11-16(20)18-14/h3-10H,2,11H2,1H3,(H,18,20). The third-order valence-corrected chi connectivity index (χ3v) is 3.49. The van der Waals surface area contributed by atoms with Crippen molar-refractivity contribution in [1.82, 2.24) is 0 Å². The van der Waals surface area contributed by atoms with Crippen molar-refractivity contribution in [2.75, 3.05) is 23.4 Å². The van der Waals surface area contributed by atoms with Gasteiger partial charge >= 0.3 is 0 Å². The molecule has 22 heavy (non-hydrogen) atoms. The molecule has 2 aromatic rings. The molecular weight excluding hydrogens is 280 g/mol. The molecule has 3 rings (SSSR count). The number of fused-ring (bicyclic) bond motifs is 1. The van der Waals surface area contributed by atoms with Crippen LogP contribution in [0.2, 0.25) is 0 Å². The van der Waals surface area contributed by atoms with Gasteiger partial charge in [-0.25, -0.2) is 0 Å². The van der Waals surface area contributed by atoms with Gasteiger partial charge in [0.1, 0.15) is 5.75 Å². The summed E-state index contributed by atoms with van der Waals surface area (Å²) >= 11 is 0. The van der Waals surface area contributed by atoms with Crippen LogP contribution in [-0.4, -0.2) is 25.0 Å². The average molecular weight is 296 g/mol. The number of para-hydroxylation sites is 1. The van der Waals surface area contributed by atoms with E-state index >= 15 is 0 Å². The SMILES string of the molecule is CCN(C(=O)c1ccc2c(c1)OCC(=O)N2)c1ccccc1. The predicted molar refractivity (Wildman–Crippen MR) is 84.4 cm³/mol. The number of nitrogens with zero attached hydrogens (tertiary/aromatic N) is 1. The second-order valence-corrected chi connectivity index (χ2v) is 4.93. The zero-order valence-electron chi connectivity index (χ0n) is 12.2. The van der Waals surface area contributed by atoms with Crippen molar-refractivity contribution in [3.8, 4) is 5.75 Å². The van der Waals surface area contributed by atoms with Crippen molar-refractivity contribution < 1.29 is 14.3 Å². The van der Waals surface area contributed by atoms with Gasteiger partial charge in [0.2, 0.25) is 0 Å². The Morgan fingerprint density at radius 1 is 1.23 bits per heavy atom. The van der Waals surface area contributed by atoms with E-state index in [-0.39, 0.29) is 18.4 Å². The number of nitrogens with one attached hydrogen (secondary N) is 1. The Hall–Kier alpha value is -2.82. The number of hydrogen-bond acceptors (Lipinski definition) is 3. The molecule has 0 fully saturated rings. The third kappa shape index (κ3) is 2.65. The molecule has 1 N–H and O–H groups in total. The monoisotopic (exact) mass is 296 g/mol. The predicted octanol–water partition coefficient (Wildman–Crippen LogP) is 2.68. The third-order valence-electron chi connectivity index (χ3n) is 3.49. The summed E-state index contributed by atoms with van der Waals surface area (Å²) in [4.78, 5) is 25.7. The normalized spacial score (nSPS) is 12.9. The first-order chi connectivity index (χ1) is 10.7. The summed E-state index contributed by atoms with van der Waals surface area (Å²) in [5, 5.41) is 2.71. The topological polar surface area (TPSA) is 58.6 Å². The van der Waals surface area contributed by atoms with Gasteiger partial charge in [-0.05, 0) is 37.3 Å². The second-order valence-electron chi connectivity index (χ2n) is 4.93. The molecular formula is C17H16N2O3. The highest BCUT2D eigenvalue weighted by Gasteiger charge is 2.20. The fraction of sp³-hybridized carbons (Fsp3) is 0.176. The molecule has 2 amide bonds. The first kappa shape index (κ1) is 14.1. The first-order valence-electron chi connectivity index (χ1n) is 7.12. The number of anilines is 2. The molecule has 0 bridgehead atoms. The molecule has 2 aromatic carbocycles. The molecule has 1 aliphatic heterocycles. The number of benzene rings is 2. The van der Waals surface area contributed by atoms with Gasteiger partial charge in [-0.15, -0.1) is 0 Å². The fourth-order valence-electron chi connectivity index (χ4n) is 2.41. The highest BCUT2D eigenvalue weighted by molar-refractivity contribution is 6.07. The second kappa shape index (κ2) is 5.89. The van der Waals surface area contributed by atoms with Gasteiger partial charge in [-0.2, -0.15) is 0 Å². The van der Waals surface area contributed by atoms with Crippen LogP contribution < -0.4 is 15.0 Å². The number of carbonyl (C=O) groups excluding carboxylic acids is 2. The Labute approximate surface area is 128 Å². The molecule has 0 saturated carbocycles. The van der Waals surface area contributed by atoms with E-state index < -0.39 is 0 Å². The van der Waals surface area contributed by atoms with Gasteiger partial charge in [0.15, 0.2) is 6.61 Å². The van der Waals surface area contributed by atoms with Gasteiger partial charge in [-0.1, -0.05) is 18.2 Å². The van der Waals surface area contributed by atoms with Crippen LogP contribution in [0.3, 0.4) is 0 Å². The molecule has 5 nitrogen and oxygen atoms in total. The molecule has 0 radical (unpaired) electrons. The molecule has 112 valence electrons. The lowest BCUT2D eigenvalue weighted by molar-refractivity contribution is -0.118. The Balaban J connectivity index is 1.90. The van der Waals surface area contributed by atoms with Crippen LogP contribution in [0, 0.1) is 0 Å². The Kier molecular flexibility index (Phi) is 3.78. The zero-order chi connectivity index (χ0) is 15.5. The Morgan fingerprint density at radius 3 is 2.73 bits per heavy atom. The average Bonchev–Trinajstić information content (AvgIpc) is 2.56. The van der Waals surface area contributed by atoms with E-state index in [1.165, 1.54) is 0 Å². The summed E-state index contributed by atoms with van der Waals surface area (Å²) < 4.78 is 5.36. The Bertz CT molecular complexity index is 713. The quantitative estimate of drug-likeness (QED) is 0.947. The molecule has 1 heterocycles. The van der Waals surface area contributed by atoms with Crippen LogP contribution in [0.5, 0.6) is 5.75 Å². The van der Waals surface area contributed by atoms with E-state index in [2.05, 4.69) is 5.32 Å². The van der Waals surface area contributed by atoms with Crippen LogP contribution in [-0.2, 0) is 4.79 Å². The number of rotatable bonds is 3. The smallest absolute Gasteiger partial charge is 0.262 e. The van der Waals surface area contributed by atoms with Crippen molar-refractivity contribution in [3.05, 3.63) is 54.1 Å². The van der Waals surface area contributed by atoms with Crippen molar-refractivity contribution in [2.24, 2.45) is 0 Å². The minimum Gasteiger partial charge on any atom is -0.482 e. The van der Waals surface area contributed by atoms with E-state index in [0.717, 1.165) is 5.69 Å². The molecule has 0 aromatic heterocycles. The minimum atomic E-state index is -0.189. The first-order valence-corrected chi connectivity index (χ1v) is 7.12. The maximum atomic E-state index is 12.7. The van der Waals surface area contributed by atoms with Gasteiger partial charge in [-0.3, -0.25) is 9.59 Å². The molecule has 0 saturated heterocycles. The lowest BCUT2D eigenvalue weighted by atomic mass is 10.1. The number of amides is 2. The van der Waals surface area contributed by atoms with E-state index in [1.807, 2.05) is 37.3 Å². The molecule has 0 unspecified atom stereocenters. The largest absolute Gasteiger partial charge is 0.482 e. The van der Waals surface area contributed by atoms with Crippen molar-refractivity contribution >= 4 is 23.2 Å². The molecule has 0 spiro atoms. The lowest BCUT2D eigenvalue weighted by Gasteiger charge is -2.23. The van der Waals surface area contributed by atoms with E-state index in [0.29, 0.717) is 23.5 Å². The molecule has 5 heteroatoms. The highest BCUT2D eigenvalue weighted by Crippen LogP contribution is 2.29. The number of hydrogen-bond donors (Lipinski definition) is 1. The fourth-order valence-corrected chi connectivity index (χ4v) is 2.41. The van der Waals surface area contributed by atoms with Crippen molar-refractivity contribution in [1.29, 1.82) is 0 Å². The van der Waals surface area contributed by atoms with Crippen LogP contribution >= 0.6 is 0 Å². The lowest BCUT2D eigenvalue weighted by Crippen LogP contribution is -2.31. The van der Waals surface area contributed by atoms with Gasteiger partial charge in [0.05, 0.1) is 5.69 Å². The van der Waals surface area contributed by atoms with E-state index in [4.69, 9.17) is 4.74 Å². The maximum Gasteiger partial charge on any atom is 0.262 e. The maximum absolute atomic E-state index is 12.7. The molecule has 0 atom stereocenters. The van der Waals surface area contributed by atoms with E-state index in [1.54, 1.807) is 23.1 Å². The van der Waals surface area contributed by atoms with Gasteiger partial charge < -0.3 is 15.0 Å². The van der Waals surface area contributed by atoms with E-state index in [9.17, 15) is 9.59 Å². The Morgan fingerprint density at radius 2 is 2.00 bits per heavy atom. The van der Waals surface area contributed by atoms with Crippen molar-refractivity contribution in [2.45, 2.75) is 6.92 Å². The molecule has 1 aliphatic rings. The highest BCUT2D eigenvalue weighted by atomic mass is 16.5. The van der Waals surface area contributed by atoms with Crippen LogP contribution in [0.1, 0.15) is 17.3 Å². The summed E-state index contributed by atoms with van der Waals surface area (Å²) in [6.45, 7) is 2.47. The summed E-state index contributed by atoms with van der Waals surface area (Å²) in [5.74, 6) is 0.234. The minimum absolute atomic E-state index is 0.0270. The van der Waals surface area contributed by atoms with Gasteiger partial charge in [0, 0.05) is 17.8 Å².